The van der Waals surface area contributed by atoms with Gasteiger partial charge in [-0.05, 0) is 24.6 Å². The second-order valence-corrected chi connectivity index (χ2v) is 4.91. The first kappa shape index (κ1) is 15.9. The van der Waals surface area contributed by atoms with Gasteiger partial charge >= 0.3 is 6.09 Å². The molecule has 120 valence electrons. The molecule has 1 aromatic carbocycles. The lowest BCUT2D eigenvalue weighted by atomic mass is 10.2. The molecule has 2 amide bonds. The van der Waals surface area contributed by atoms with Crippen LogP contribution in [0.4, 0.5) is 4.79 Å². The molecule has 7 nitrogen and oxygen atoms in total. The van der Waals surface area contributed by atoms with Gasteiger partial charge in [0.2, 0.25) is 5.91 Å². The van der Waals surface area contributed by atoms with Crippen LogP contribution >= 0.6 is 0 Å². The molecule has 2 rings (SSSR count). The van der Waals surface area contributed by atoms with Crippen LogP contribution in [0, 0.1) is 0 Å². The third-order valence-corrected chi connectivity index (χ3v) is 3.19. The maximum atomic E-state index is 11.9. The molecule has 1 aromatic rings. The lowest BCUT2D eigenvalue weighted by Gasteiger charge is -2.14. The Morgan fingerprint density at radius 3 is 2.73 bits per heavy atom. The van der Waals surface area contributed by atoms with Crippen molar-refractivity contribution in [3.63, 3.8) is 0 Å². The molecular weight excluding hydrogens is 288 g/mol. The third-order valence-electron chi connectivity index (χ3n) is 3.19. The fourth-order valence-corrected chi connectivity index (χ4v) is 1.96. The fourth-order valence-electron chi connectivity index (χ4n) is 1.96. The van der Waals surface area contributed by atoms with Gasteiger partial charge in [-0.1, -0.05) is 6.07 Å². The quantitative estimate of drug-likeness (QED) is 0.873. The summed E-state index contributed by atoms with van der Waals surface area (Å²) in [6.45, 7) is 3.17. The predicted molar refractivity (Wildman–Crippen MR) is 78.9 cm³/mol. The van der Waals surface area contributed by atoms with Crippen molar-refractivity contribution in [2.75, 3.05) is 20.3 Å². The summed E-state index contributed by atoms with van der Waals surface area (Å²) in [6.07, 6.45) is 0.204. The van der Waals surface area contributed by atoms with Crippen LogP contribution in [-0.2, 0) is 16.1 Å². The van der Waals surface area contributed by atoms with E-state index in [1.165, 1.54) is 7.11 Å². The molecule has 2 N–H and O–H groups in total. The zero-order valence-corrected chi connectivity index (χ0v) is 12.7. The van der Waals surface area contributed by atoms with Gasteiger partial charge in [-0.3, -0.25) is 4.79 Å². The first-order valence-corrected chi connectivity index (χ1v) is 7.11. The number of fused-ring (bicyclic) bond motifs is 1. The minimum absolute atomic E-state index is 0.294. The maximum absolute atomic E-state index is 11.9. The summed E-state index contributed by atoms with van der Waals surface area (Å²) in [5.74, 6) is 1.11. The van der Waals surface area contributed by atoms with E-state index in [0.717, 1.165) is 12.0 Å². The van der Waals surface area contributed by atoms with Crippen molar-refractivity contribution in [1.82, 2.24) is 10.6 Å². The molecule has 1 atom stereocenters. The van der Waals surface area contributed by atoms with E-state index in [1.54, 1.807) is 6.92 Å². The number of amides is 2. The van der Waals surface area contributed by atoms with Gasteiger partial charge in [-0.25, -0.2) is 4.79 Å². The number of methoxy groups -OCH3 is 1. The molecule has 0 spiro atoms. The van der Waals surface area contributed by atoms with E-state index in [9.17, 15) is 9.59 Å². The van der Waals surface area contributed by atoms with Crippen molar-refractivity contribution in [3.8, 4) is 11.5 Å². The van der Waals surface area contributed by atoms with Gasteiger partial charge in [0.25, 0.3) is 0 Å². The Morgan fingerprint density at radius 2 is 2.00 bits per heavy atom. The van der Waals surface area contributed by atoms with Crippen molar-refractivity contribution >= 4 is 12.0 Å². The smallest absolute Gasteiger partial charge is 0.407 e. The summed E-state index contributed by atoms with van der Waals surface area (Å²) >= 11 is 0. The highest BCUT2D eigenvalue weighted by Gasteiger charge is 2.16. The summed E-state index contributed by atoms with van der Waals surface area (Å²) in [4.78, 5) is 22.9. The number of benzene rings is 1. The van der Waals surface area contributed by atoms with Crippen molar-refractivity contribution in [2.45, 2.75) is 25.9 Å². The molecule has 7 heteroatoms. The van der Waals surface area contributed by atoms with E-state index < -0.39 is 12.1 Å². The topological polar surface area (TPSA) is 85.9 Å². The monoisotopic (exact) mass is 308 g/mol. The molecular formula is C15H20N2O5. The number of alkyl carbamates (subject to hydrolysis) is 1. The lowest BCUT2D eigenvalue weighted by molar-refractivity contribution is -0.122. The van der Waals surface area contributed by atoms with E-state index in [4.69, 9.17) is 9.47 Å². The van der Waals surface area contributed by atoms with E-state index in [0.29, 0.717) is 31.3 Å². The Labute approximate surface area is 128 Å². The number of ether oxygens (including phenoxy) is 3. The molecule has 0 saturated heterocycles. The Balaban J connectivity index is 1.90. The van der Waals surface area contributed by atoms with Crippen LogP contribution in [0.15, 0.2) is 18.2 Å². The highest BCUT2D eigenvalue weighted by molar-refractivity contribution is 5.85. The van der Waals surface area contributed by atoms with Gasteiger partial charge < -0.3 is 24.8 Å². The van der Waals surface area contributed by atoms with Crippen LogP contribution in [0.3, 0.4) is 0 Å². The Morgan fingerprint density at radius 1 is 1.27 bits per heavy atom. The summed E-state index contributed by atoms with van der Waals surface area (Å²) in [7, 11) is 1.25. The van der Waals surface area contributed by atoms with Crippen molar-refractivity contribution < 1.29 is 23.8 Å². The molecule has 0 radical (unpaired) electrons. The molecule has 0 aromatic heterocycles. The standard InChI is InChI=1S/C15H20N2O5/c1-10(17-15(19)20-2)14(18)16-9-11-4-5-12-13(8-11)22-7-3-6-21-12/h4-5,8,10H,3,6-7,9H2,1-2H3,(H,16,18)(H,17,19)/t10-/m1/s1. The second-order valence-electron chi connectivity index (χ2n) is 4.91. The van der Waals surface area contributed by atoms with Crippen molar-refractivity contribution in [3.05, 3.63) is 23.8 Å². The van der Waals surface area contributed by atoms with Gasteiger partial charge in [-0.2, -0.15) is 0 Å². The second kappa shape index (κ2) is 7.53. The van der Waals surface area contributed by atoms with Crippen LogP contribution in [0.25, 0.3) is 0 Å². The Kier molecular flexibility index (Phi) is 5.46. The van der Waals surface area contributed by atoms with Gasteiger partial charge in [0.1, 0.15) is 6.04 Å². The summed E-state index contributed by atoms with van der Waals surface area (Å²) in [6, 6.07) is 4.87. The fraction of sp³-hybridized carbons (Fsp3) is 0.467. The number of hydrogen-bond donors (Lipinski definition) is 2. The normalized spacial score (nSPS) is 14.5. The SMILES string of the molecule is COC(=O)N[C@H](C)C(=O)NCc1ccc2c(c1)OCCCO2. The number of carbonyl (C=O) groups excluding carboxylic acids is 2. The number of carbonyl (C=O) groups is 2. The zero-order chi connectivity index (χ0) is 15.9. The van der Waals surface area contributed by atoms with E-state index in [-0.39, 0.29) is 5.91 Å². The molecule has 0 bridgehead atoms. The first-order chi connectivity index (χ1) is 10.6. The molecule has 1 heterocycles. The molecule has 0 saturated carbocycles. The van der Waals surface area contributed by atoms with Gasteiger partial charge in [0.15, 0.2) is 11.5 Å². The largest absolute Gasteiger partial charge is 0.490 e. The van der Waals surface area contributed by atoms with E-state index in [2.05, 4.69) is 15.4 Å². The molecule has 1 aliphatic rings. The van der Waals surface area contributed by atoms with Gasteiger partial charge in [-0.15, -0.1) is 0 Å². The maximum Gasteiger partial charge on any atom is 0.407 e. The van der Waals surface area contributed by atoms with E-state index >= 15 is 0 Å². The van der Waals surface area contributed by atoms with Crippen LogP contribution in [0.1, 0.15) is 18.9 Å². The first-order valence-electron chi connectivity index (χ1n) is 7.11. The number of rotatable bonds is 4. The molecule has 1 aliphatic heterocycles. The third kappa shape index (κ3) is 4.28. The van der Waals surface area contributed by atoms with E-state index in [1.807, 2.05) is 18.2 Å². The van der Waals surface area contributed by atoms with Gasteiger partial charge in [0, 0.05) is 13.0 Å². The molecule has 0 unspecified atom stereocenters. The number of hydrogen-bond acceptors (Lipinski definition) is 5. The van der Waals surface area contributed by atoms with Crippen LogP contribution < -0.4 is 20.1 Å². The van der Waals surface area contributed by atoms with Crippen LogP contribution in [0.5, 0.6) is 11.5 Å². The minimum atomic E-state index is -0.673. The zero-order valence-electron chi connectivity index (χ0n) is 12.7. The highest BCUT2D eigenvalue weighted by atomic mass is 16.5. The average Bonchev–Trinajstić information content (AvgIpc) is 2.76. The molecule has 22 heavy (non-hydrogen) atoms. The molecule has 0 fully saturated rings. The summed E-state index contributed by atoms with van der Waals surface area (Å²) in [5.41, 5.74) is 0.892. The van der Waals surface area contributed by atoms with Crippen LogP contribution in [0.2, 0.25) is 0 Å². The molecule has 0 aliphatic carbocycles. The Bertz CT molecular complexity index is 547. The Hall–Kier alpha value is -2.44. The predicted octanol–water partition coefficient (Wildman–Crippen LogP) is 1.21. The average molecular weight is 308 g/mol. The van der Waals surface area contributed by atoms with Crippen molar-refractivity contribution in [1.29, 1.82) is 0 Å². The summed E-state index contributed by atoms with van der Waals surface area (Å²) < 4.78 is 15.6. The lowest BCUT2D eigenvalue weighted by Crippen LogP contribution is -2.44. The van der Waals surface area contributed by atoms with Crippen LogP contribution in [-0.4, -0.2) is 38.4 Å². The van der Waals surface area contributed by atoms with Crippen molar-refractivity contribution in [2.24, 2.45) is 0 Å². The highest BCUT2D eigenvalue weighted by Crippen LogP contribution is 2.30. The minimum Gasteiger partial charge on any atom is -0.490 e. The summed E-state index contributed by atoms with van der Waals surface area (Å²) in [5, 5.41) is 5.15. The number of nitrogens with one attached hydrogen (secondary N) is 2. The van der Waals surface area contributed by atoms with Gasteiger partial charge in [0.05, 0.1) is 20.3 Å².